The highest BCUT2D eigenvalue weighted by atomic mass is 16.4. The number of piperidine rings is 1. The summed E-state index contributed by atoms with van der Waals surface area (Å²) in [5, 5.41) is 0. The van der Waals surface area contributed by atoms with Gasteiger partial charge in [-0.1, -0.05) is 0 Å². The highest BCUT2D eigenvalue weighted by molar-refractivity contribution is 5.80. The average Bonchev–Trinajstić information content (AvgIpc) is 3.17. The maximum Gasteiger partial charge on any atom is 0.263 e. The molecule has 1 aliphatic rings. The van der Waals surface area contributed by atoms with Gasteiger partial charge < -0.3 is 19.5 Å². The number of hydrogen-bond acceptors (Lipinski definition) is 5. The first-order chi connectivity index (χ1) is 11.5. The second-order valence-electron chi connectivity index (χ2n) is 6.08. The van der Waals surface area contributed by atoms with Crippen LogP contribution >= 0.6 is 0 Å². The minimum absolute atomic E-state index is 0.0525. The van der Waals surface area contributed by atoms with Crippen molar-refractivity contribution in [1.29, 1.82) is 0 Å². The first-order valence-corrected chi connectivity index (χ1v) is 8.12. The zero-order valence-electron chi connectivity index (χ0n) is 13.7. The van der Waals surface area contributed by atoms with E-state index in [1.807, 2.05) is 0 Å². The van der Waals surface area contributed by atoms with Crippen molar-refractivity contribution in [1.82, 2.24) is 9.88 Å². The highest BCUT2D eigenvalue weighted by Gasteiger charge is 2.29. The van der Waals surface area contributed by atoms with E-state index in [0.29, 0.717) is 29.6 Å². The number of amides is 2. The molecule has 0 radical (unpaired) electrons. The summed E-state index contributed by atoms with van der Waals surface area (Å²) < 4.78 is 10.9. The zero-order valence-corrected chi connectivity index (χ0v) is 13.7. The fraction of sp³-hybridized carbons (Fsp3) is 0.471. The Morgan fingerprint density at radius 3 is 2.96 bits per heavy atom. The molecule has 1 fully saturated rings. The summed E-state index contributed by atoms with van der Waals surface area (Å²) in [7, 11) is 0. The second kappa shape index (κ2) is 6.90. The number of oxazole rings is 1. The van der Waals surface area contributed by atoms with Crippen molar-refractivity contribution in [2.24, 2.45) is 5.73 Å². The van der Waals surface area contributed by atoms with Gasteiger partial charge in [0.25, 0.3) is 5.89 Å². The summed E-state index contributed by atoms with van der Waals surface area (Å²) in [4.78, 5) is 30.0. The zero-order chi connectivity index (χ0) is 17.1. The summed E-state index contributed by atoms with van der Waals surface area (Å²) in [6.07, 6.45) is 4.66. The van der Waals surface area contributed by atoms with Crippen molar-refractivity contribution < 1.29 is 18.4 Å². The van der Waals surface area contributed by atoms with Gasteiger partial charge in [0, 0.05) is 19.0 Å². The van der Waals surface area contributed by atoms with E-state index >= 15 is 0 Å². The van der Waals surface area contributed by atoms with Crippen LogP contribution in [0, 0.1) is 6.92 Å². The van der Waals surface area contributed by atoms with Gasteiger partial charge in [0.2, 0.25) is 11.8 Å². The topological polar surface area (TPSA) is 103 Å². The molecule has 7 nitrogen and oxygen atoms in total. The minimum Gasteiger partial charge on any atom is -0.459 e. The number of nitrogens with two attached hydrogens (primary N) is 1. The standard InChI is InChI=1S/C17H21N3O4/c1-11-13(19-17(24-11)14-6-4-8-23-14)10-16(22)20-7-3-2-5-12(20)9-15(18)21/h4,6,8,12H,2-3,5,7,9-10H2,1H3,(H2,18,21)/t12-/m1/s1. The van der Waals surface area contributed by atoms with E-state index in [4.69, 9.17) is 14.6 Å². The molecule has 7 heteroatoms. The number of aryl methyl sites for hydroxylation is 1. The van der Waals surface area contributed by atoms with Crippen LogP contribution in [0.1, 0.15) is 37.1 Å². The van der Waals surface area contributed by atoms with E-state index in [9.17, 15) is 9.59 Å². The largest absolute Gasteiger partial charge is 0.459 e. The maximum atomic E-state index is 12.7. The predicted octanol–water partition coefficient (Wildman–Crippen LogP) is 2.04. The number of furan rings is 1. The van der Waals surface area contributed by atoms with Crippen molar-refractivity contribution >= 4 is 11.8 Å². The number of carbonyl (C=O) groups excluding carboxylic acids is 2. The van der Waals surface area contributed by atoms with Crippen molar-refractivity contribution in [3.63, 3.8) is 0 Å². The van der Waals surface area contributed by atoms with Crippen LogP contribution in [0.3, 0.4) is 0 Å². The number of rotatable bonds is 5. The lowest BCUT2D eigenvalue weighted by Crippen LogP contribution is -2.46. The number of carbonyl (C=O) groups is 2. The van der Waals surface area contributed by atoms with Gasteiger partial charge in [-0.05, 0) is 38.3 Å². The third-order valence-electron chi connectivity index (χ3n) is 4.33. The Hall–Kier alpha value is -2.57. The van der Waals surface area contributed by atoms with Gasteiger partial charge in [0.15, 0.2) is 5.76 Å². The number of hydrogen-bond donors (Lipinski definition) is 1. The van der Waals surface area contributed by atoms with Gasteiger partial charge in [-0.3, -0.25) is 9.59 Å². The minimum atomic E-state index is -0.377. The van der Waals surface area contributed by atoms with Crippen LogP contribution in [0.15, 0.2) is 27.2 Å². The Bertz CT molecular complexity index is 720. The van der Waals surface area contributed by atoms with Crippen LogP contribution in [0.25, 0.3) is 11.7 Å². The summed E-state index contributed by atoms with van der Waals surface area (Å²) >= 11 is 0. The van der Waals surface area contributed by atoms with E-state index in [0.717, 1.165) is 19.3 Å². The molecule has 1 aliphatic heterocycles. The van der Waals surface area contributed by atoms with Crippen LogP contribution in [0.4, 0.5) is 0 Å². The molecule has 128 valence electrons. The molecule has 3 heterocycles. The third-order valence-corrected chi connectivity index (χ3v) is 4.33. The molecule has 24 heavy (non-hydrogen) atoms. The van der Waals surface area contributed by atoms with Gasteiger partial charge in [0.05, 0.1) is 18.4 Å². The number of likely N-dealkylation sites (tertiary alicyclic amines) is 1. The molecular formula is C17H21N3O4. The average molecular weight is 331 g/mol. The van der Waals surface area contributed by atoms with Gasteiger partial charge in [-0.2, -0.15) is 0 Å². The summed E-state index contributed by atoms with van der Waals surface area (Å²) in [6.45, 7) is 2.43. The molecule has 0 aliphatic carbocycles. The van der Waals surface area contributed by atoms with Crippen LogP contribution in [-0.2, 0) is 16.0 Å². The fourth-order valence-electron chi connectivity index (χ4n) is 3.12. The van der Waals surface area contributed by atoms with Gasteiger partial charge in [-0.15, -0.1) is 0 Å². The molecule has 0 unspecified atom stereocenters. The first kappa shape index (κ1) is 16.3. The molecular weight excluding hydrogens is 310 g/mol. The van der Waals surface area contributed by atoms with Gasteiger partial charge >= 0.3 is 0 Å². The van der Waals surface area contributed by atoms with Crippen molar-refractivity contribution in [3.8, 4) is 11.7 Å². The Balaban J connectivity index is 1.73. The second-order valence-corrected chi connectivity index (χ2v) is 6.08. The molecule has 2 amide bonds. The molecule has 0 aromatic carbocycles. The Morgan fingerprint density at radius 1 is 1.42 bits per heavy atom. The van der Waals surface area contributed by atoms with Gasteiger partial charge in [-0.25, -0.2) is 4.98 Å². The molecule has 2 N–H and O–H groups in total. The Morgan fingerprint density at radius 2 is 2.25 bits per heavy atom. The summed E-state index contributed by atoms with van der Waals surface area (Å²) in [6, 6.07) is 3.40. The van der Waals surface area contributed by atoms with Crippen LogP contribution < -0.4 is 5.73 Å². The molecule has 0 spiro atoms. The molecule has 3 rings (SSSR count). The van der Waals surface area contributed by atoms with Gasteiger partial charge in [0.1, 0.15) is 5.76 Å². The number of primary amides is 1. The van der Waals surface area contributed by atoms with Crippen molar-refractivity contribution in [2.45, 2.75) is 45.1 Å². The van der Waals surface area contributed by atoms with E-state index in [1.165, 1.54) is 0 Å². The summed E-state index contributed by atoms with van der Waals surface area (Å²) in [5.41, 5.74) is 5.90. The monoisotopic (exact) mass is 331 g/mol. The lowest BCUT2D eigenvalue weighted by molar-refractivity contribution is -0.135. The molecule has 0 bridgehead atoms. The van der Waals surface area contributed by atoms with E-state index in [-0.39, 0.29) is 30.7 Å². The fourth-order valence-corrected chi connectivity index (χ4v) is 3.12. The van der Waals surface area contributed by atoms with Crippen molar-refractivity contribution in [2.75, 3.05) is 6.54 Å². The lowest BCUT2D eigenvalue weighted by Gasteiger charge is -2.35. The van der Waals surface area contributed by atoms with E-state index in [1.54, 1.807) is 30.2 Å². The molecule has 1 saturated heterocycles. The maximum absolute atomic E-state index is 12.7. The van der Waals surface area contributed by atoms with Crippen LogP contribution in [0.5, 0.6) is 0 Å². The van der Waals surface area contributed by atoms with E-state index < -0.39 is 0 Å². The predicted molar refractivity (Wildman–Crippen MR) is 85.8 cm³/mol. The first-order valence-electron chi connectivity index (χ1n) is 8.12. The molecule has 1 atom stereocenters. The Labute approximate surface area is 139 Å². The van der Waals surface area contributed by atoms with Crippen LogP contribution in [0.2, 0.25) is 0 Å². The molecule has 0 saturated carbocycles. The van der Waals surface area contributed by atoms with Crippen molar-refractivity contribution in [3.05, 3.63) is 29.9 Å². The quantitative estimate of drug-likeness (QED) is 0.903. The Kier molecular flexibility index (Phi) is 4.69. The number of aromatic nitrogens is 1. The number of nitrogens with zero attached hydrogens (tertiary/aromatic N) is 2. The van der Waals surface area contributed by atoms with Crippen LogP contribution in [-0.4, -0.2) is 34.3 Å². The smallest absolute Gasteiger partial charge is 0.263 e. The molecule has 2 aromatic rings. The SMILES string of the molecule is Cc1oc(-c2ccco2)nc1CC(=O)N1CCCC[C@@H]1CC(N)=O. The molecule has 2 aromatic heterocycles. The third kappa shape index (κ3) is 3.50. The lowest BCUT2D eigenvalue weighted by atomic mass is 9.98. The highest BCUT2D eigenvalue weighted by Crippen LogP contribution is 2.24. The van der Waals surface area contributed by atoms with E-state index in [2.05, 4.69) is 4.98 Å². The normalized spacial score (nSPS) is 17.9. The summed E-state index contributed by atoms with van der Waals surface area (Å²) in [5.74, 6) is 1.06.